The number of methoxy groups -OCH3 is 1. The number of nitrogens with one attached hydrogen (secondary N) is 1. The van der Waals surface area contributed by atoms with Crippen molar-refractivity contribution < 1.29 is 13.2 Å². The van der Waals surface area contributed by atoms with Gasteiger partial charge in [-0.15, -0.1) is 0 Å². The zero-order chi connectivity index (χ0) is 15.5. The predicted molar refractivity (Wildman–Crippen MR) is 82.6 cm³/mol. The Morgan fingerprint density at radius 3 is 2.52 bits per heavy atom. The molecule has 1 saturated carbocycles. The fourth-order valence-corrected chi connectivity index (χ4v) is 4.24. The van der Waals surface area contributed by atoms with Crippen LogP contribution in [0.25, 0.3) is 0 Å². The number of hydrogen-bond acceptors (Lipinski definition) is 4. The lowest BCUT2D eigenvalue weighted by Gasteiger charge is -2.27. The molecule has 1 aliphatic rings. The number of hydrogen-bond donors (Lipinski definition) is 2. The van der Waals surface area contributed by atoms with Crippen LogP contribution in [0.4, 0.5) is 0 Å². The van der Waals surface area contributed by atoms with Gasteiger partial charge in [0.15, 0.2) is 0 Å². The summed E-state index contributed by atoms with van der Waals surface area (Å²) in [7, 11) is -2.11. The molecule has 1 aromatic carbocycles. The summed E-state index contributed by atoms with van der Waals surface area (Å²) >= 11 is 0. The maximum Gasteiger partial charge on any atom is 0.244 e. The van der Waals surface area contributed by atoms with Gasteiger partial charge in [0.1, 0.15) is 10.6 Å². The van der Waals surface area contributed by atoms with E-state index in [0.29, 0.717) is 18.2 Å². The molecule has 21 heavy (non-hydrogen) atoms. The van der Waals surface area contributed by atoms with Crippen LogP contribution in [0.5, 0.6) is 5.75 Å². The van der Waals surface area contributed by atoms with E-state index in [1.54, 1.807) is 18.2 Å². The van der Waals surface area contributed by atoms with E-state index < -0.39 is 10.0 Å². The van der Waals surface area contributed by atoms with Gasteiger partial charge in [-0.2, -0.15) is 0 Å². The lowest BCUT2D eigenvalue weighted by Crippen LogP contribution is -2.37. The van der Waals surface area contributed by atoms with Gasteiger partial charge in [0.05, 0.1) is 7.11 Å². The van der Waals surface area contributed by atoms with Crippen LogP contribution >= 0.6 is 0 Å². The Labute approximate surface area is 126 Å². The first-order chi connectivity index (χ1) is 9.96. The van der Waals surface area contributed by atoms with Gasteiger partial charge in [-0.25, -0.2) is 13.1 Å². The van der Waals surface area contributed by atoms with Crippen LogP contribution in [0.3, 0.4) is 0 Å². The molecule has 1 aromatic rings. The Balaban J connectivity index is 2.22. The normalized spacial score (nSPS) is 23.0. The summed E-state index contributed by atoms with van der Waals surface area (Å²) in [5.74, 6) is 1.03. The van der Waals surface area contributed by atoms with E-state index in [1.165, 1.54) is 7.11 Å². The van der Waals surface area contributed by atoms with Gasteiger partial charge in [-0.3, -0.25) is 0 Å². The van der Waals surface area contributed by atoms with E-state index in [4.69, 9.17) is 10.5 Å². The Hall–Kier alpha value is -1.11. The fraction of sp³-hybridized carbons (Fsp3) is 0.600. The second-order valence-corrected chi connectivity index (χ2v) is 7.45. The molecule has 3 N–H and O–H groups in total. The molecule has 0 atom stereocenters. The number of benzene rings is 1. The van der Waals surface area contributed by atoms with Crippen LogP contribution in [0, 0.1) is 5.92 Å². The van der Waals surface area contributed by atoms with Gasteiger partial charge in [0, 0.05) is 12.6 Å². The van der Waals surface area contributed by atoms with Crippen molar-refractivity contribution >= 4 is 10.0 Å². The Morgan fingerprint density at radius 2 is 1.95 bits per heavy atom. The molecule has 1 fully saturated rings. The van der Waals surface area contributed by atoms with Crippen LogP contribution in [-0.4, -0.2) is 21.6 Å². The monoisotopic (exact) mass is 312 g/mol. The SMILES string of the molecule is COc1ccc(CN)cc1S(=O)(=O)NC1CCC(C)CC1. The maximum absolute atomic E-state index is 12.6. The Morgan fingerprint density at radius 1 is 1.29 bits per heavy atom. The van der Waals surface area contributed by atoms with Gasteiger partial charge >= 0.3 is 0 Å². The highest BCUT2D eigenvalue weighted by Gasteiger charge is 2.26. The lowest BCUT2D eigenvalue weighted by molar-refractivity contribution is 0.331. The average molecular weight is 312 g/mol. The minimum atomic E-state index is -3.58. The summed E-state index contributed by atoms with van der Waals surface area (Å²) in [5, 5.41) is 0. The molecular weight excluding hydrogens is 288 g/mol. The summed E-state index contributed by atoms with van der Waals surface area (Å²) in [6.45, 7) is 2.51. The molecule has 5 nitrogen and oxygen atoms in total. The third-order valence-corrected chi connectivity index (χ3v) is 5.63. The van der Waals surface area contributed by atoms with E-state index in [1.807, 2.05) is 0 Å². The molecule has 0 radical (unpaired) electrons. The minimum absolute atomic E-state index is 0.0115. The van der Waals surface area contributed by atoms with Crippen LogP contribution in [0.2, 0.25) is 0 Å². The fourth-order valence-electron chi connectivity index (χ4n) is 2.72. The van der Waals surface area contributed by atoms with Crippen LogP contribution in [0.1, 0.15) is 38.2 Å². The molecule has 0 spiro atoms. The lowest BCUT2D eigenvalue weighted by atomic mass is 9.88. The molecular formula is C15H24N2O3S. The first kappa shape index (κ1) is 16.3. The second-order valence-electron chi connectivity index (χ2n) is 5.77. The van der Waals surface area contributed by atoms with E-state index in [9.17, 15) is 8.42 Å². The topological polar surface area (TPSA) is 81.4 Å². The molecule has 2 rings (SSSR count). The average Bonchev–Trinajstić information content (AvgIpc) is 2.48. The van der Waals surface area contributed by atoms with Crippen molar-refractivity contribution in [3.8, 4) is 5.75 Å². The molecule has 0 heterocycles. The molecule has 0 amide bonds. The maximum atomic E-state index is 12.6. The highest BCUT2D eigenvalue weighted by atomic mass is 32.2. The molecule has 0 unspecified atom stereocenters. The number of rotatable bonds is 5. The van der Waals surface area contributed by atoms with Crippen molar-refractivity contribution in [3.63, 3.8) is 0 Å². The summed E-state index contributed by atoms with van der Waals surface area (Å²) in [6.07, 6.45) is 3.90. The molecule has 0 bridgehead atoms. The van der Waals surface area contributed by atoms with Gasteiger partial charge < -0.3 is 10.5 Å². The molecule has 0 saturated heterocycles. The van der Waals surface area contributed by atoms with Crippen LogP contribution in [0.15, 0.2) is 23.1 Å². The van der Waals surface area contributed by atoms with Crippen molar-refractivity contribution in [1.82, 2.24) is 4.72 Å². The van der Waals surface area contributed by atoms with E-state index >= 15 is 0 Å². The van der Waals surface area contributed by atoms with Crippen molar-refractivity contribution in [2.75, 3.05) is 7.11 Å². The van der Waals surface area contributed by atoms with Crippen molar-refractivity contribution in [3.05, 3.63) is 23.8 Å². The number of ether oxygens (including phenoxy) is 1. The number of nitrogens with two attached hydrogens (primary N) is 1. The van der Waals surface area contributed by atoms with Crippen molar-refractivity contribution in [2.24, 2.45) is 11.7 Å². The zero-order valence-corrected chi connectivity index (χ0v) is 13.4. The largest absolute Gasteiger partial charge is 0.495 e. The first-order valence-electron chi connectivity index (χ1n) is 7.35. The highest BCUT2D eigenvalue weighted by molar-refractivity contribution is 7.89. The molecule has 118 valence electrons. The minimum Gasteiger partial charge on any atom is -0.495 e. The molecule has 0 aliphatic heterocycles. The summed E-state index contributed by atoms with van der Waals surface area (Å²) in [4.78, 5) is 0.173. The third-order valence-electron chi connectivity index (χ3n) is 4.09. The smallest absolute Gasteiger partial charge is 0.244 e. The van der Waals surface area contributed by atoms with Crippen molar-refractivity contribution in [2.45, 2.75) is 50.1 Å². The van der Waals surface area contributed by atoms with Crippen molar-refractivity contribution in [1.29, 1.82) is 0 Å². The Kier molecular flexibility index (Phi) is 5.24. The van der Waals surface area contributed by atoms with E-state index in [0.717, 1.165) is 31.2 Å². The second kappa shape index (κ2) is 6.77. The van der Waals surface area contributed by atoms with E-state index in [2.05, 4.69) is 11.6 Å². The summed E-state index contributed by atoms with van der Waals surface area (Å²) < 4.78 is 33.2. The van der Waals surface area contributed by atoms with Crippen LogP contribution < -0.4 is 15.2 Å². The number of sulfonamides is 1. The highest BCUT2D eigenvalue weighted by Crippen LogP contribution is 2.28. The quantitative estimate of drug-likeness (QED) is 0.871. The zero-order valence-electron chi connectivity index (χ0n) is 12.6. The van der Waals surface area contributed by atoms with E-state index in [-0.39, 0.29) is 10.9 Å². The summed E-state index contributed by atoms with van der Waals surface area (Å²) in [5.41, 5.74) is 6.37. The third kappa shape index (κ3) is 3.96. The first-order valence-corrected chi connectivity index (χ1v) is 8.84. The molecule has 6 heteroatoms. The van der Waals surface area contributed by atoms with Crippen LogP contribution in [-0.2, 0) is 16.6 Å². The summed E-state index contributed by atoms with van der Waals surface area (Å²) in [6, 6.07) is 5.03. The van der Waals surface area contributed by atoms with Gasteiger partial charge in [-0.05, 0) is 49.3 Å². The van der Waals surface area contributed by atoms with Gasteiger partial charge in [-0.1, -0.05) is 13.0 Å². The molecule has 0 aromatic heterocycles. The Bertz CT molecular complexity index is 579. The molecule has 1 aliphatic carbocycles. The predicted octanol–water partition coefficient (Wildman–Crippen LogP) is 2.01. The van der Waals surface area contributed by atoms with Gasteiger partial charge in [0.2, 0.25) is 10.0 Å². The van der Waals surface area contributed by atoms with Gasteiger partial charge in [0.25, 0.3) is 0 Å². The standard InChI is InChI=1S/C15H24N2O3S/c1-11-3-6-13(7-4-11)17-21(18,19)15-9-12(10-16)5-8-14(15)20-2/h5,8-9,11,13,17H,3-4,6-7,10,16H2,1-2H3.